The number of aromatic nitrogens is 2. The van der Waals surface area contributed by atoms with E-state index in [4.69, 9.17) is 10.5 Å². The normalized spacial score (nSPS) is 10.2. The van der Waals surface area contributed by atoms with Gasteiger partial charge in [-0.05, 0) is 12.1 Å². The van der Waals surface area contributed by atoms with E-state index in [0.717, 1.165) is 5.75 Å². The Labute approximate surface area is 104 Å². The highest BCUT2D eigenvalue weighted by Gasteiger charge is 2.15. The minimum Gasteiger partial charge on any atom is -0.492 e. The molecule has 1 aromatic carbocycles. The quantitative estimate of drug-likeness (QED) is 0.816. The lowest BCUT2D eigenvalue weighted by Gasteiger charge is -2.08. The van der Waals surface area contributed by atoms with Gasteiger partial charge in [-0.25, -0.2) is 4.98 Å². The fourth-order valence-electron chi connectivity index (χ4n) is 1.57. The molecule has 0 aliphatic heterocycles. The van der Waals surface area contributed by atoms with Crippen molar-refractivity contribution in [2.45, 2.75) is 6.54 Å². The molecule has 2 rings (SSSR count). The van der Waals surface area contributed by atoms with Crippen molar-refractivity contribution in [1.82, 2.24) is 9.55 Å². The van der Waals surface area contributed by atoms with E-state index >= 15 is 0 Å². The fourth-order valence-corrected chi connectivity index (χ4v) is 1.57. The summed E-state index contributed by atoms with van der Waals surface area (Å²) in [7, 11) is 0. The average molecular weight is 247 g/mol. The molecule has 18 heavy (non-hydrogen) atoms. The van der Waals surface area contributed by atoms with E-state index in [1.807, 2.05) is 30.3 Å². The van der Waals surface area contributed by atoms with Crippen LogP contribution in [0.2, 0.25) is 0 Å². The number of carbonyl (C=O) groups excluding carboxylic acids is 1. The SMILES string of the molecule is NC(=O)c1c(O)ncn1CCOc1ccccc1. The minimum atomic E-state index is -0.718. The third kappa shape index (κ3) is 2.60. The summed E-state index contributed by atoms with van der Waals surface area (Å²) in [5.41, 5.74) is 5.13. The molecule has 1 heterocycles. The maximum Gasteiger partial charge on any atom is 0.271 e. The molecule has 6 nitrogen and oxygen atoms in total. The van der Waals surface area contributed by atoms with E-state index in [-0.39, 0.29) is 11.6 Å². The average Bonchev–Trinajstić information content (AvgIpc) is 2.72. The van der Waals surface area contributed by atoms with E-state index < -0.39 is 5.91 Å². The molecule has 0 aliphatic carbocycles. The number of hydrogen-bond donors (Lipinski definition) is 2. The molecule has 0 radical (unpaired) electrons. The van der Waals surface area contributed by atoms with Crippen molar-refractivity contribution in [2.75, 3.05) is 6.61 Å². The van der Waals surface area contributed by atoms with Crippen molar-refractivity contribution in [3.05, 3.63) is 42.4 Å². The van der Waals surface area contributed by atoms with Crippen LogP contribution in [0.25, 0.3) is 0 Å². The molecule has 1 amide bonds. The van der Waals surface area contributed by atoms with Crippen molar-refractivity contribution in [1.29, 1.82) is 0 Å². The molecular formula is C12H13N3O3. The standard InChI is InChI=1S/C12H13N3O3/c13-11(16)10-12(17)14-8-15(10)6-7-18-9-4-2-1-3-5-9/h1-5,8,17H,6-7H2,(H2,13,16). The Morgan fingerprint density at radius 3 is 2.78 bits per heavy atom. The number of nitrogens with zero attached hydrogens (tertiary/aromatic N) is 2. The van der Waals surface area contributed by atoms with Crippen molar-refractivity contribution < 1.29 is 14.6 Å². The first-order valence-electron chi connectivity index (χ1n) is 5.40. The zero-order valence-electron chi connectivity index (χ0n) is 9.61. The molecule has 94 valence electrons. The topological polar surface area (TPSA) is 90.4 Å². The van der Waals surface area contributed by atoms with E-state index in [1.165, 1.54) is 10.9 Å². The number of imidazole rings is 1. The molecule has 3 N–H and O–H groups in total. The molecule has 0 aliphatic rings. The lowest BCUT2D eigenvalue weighted by atomic mass is 10.3. The Balaban J connectivity index is 1.97. The summed E-state index contributed by atoms with van der Waals surface area (Å²) < 4.78 is 6.93. The second kappa shape index (κ2) is 5.22. The summed E-state index contributed by atoms with van der Waals surface area (Å²) in [5, 5.41) is 9.34. The second-order valence-corrected chi connectivity index (χ2v) is 3.64. The van der Waals surface area contributed by atoms with E-state index in [9.17, 15) is 9.90 Å². The number of carbonyl (C=O) groups is 1. The zero-order valence-corrected chi connectivity index (χ0v) is 9.61. The van der Waals surface area contributed by atoms with Gasteiger partial charge >= 0.3 is 0 Å². The monoisotopic (exact) mass is 247 g/mol. The van der Waals surface area contributed by atoms with Gasteiger partial charge in [-0.1, -0.05) is 18.2 Å². The molecule has 0 unspecified atom stereocenters. The van der Waals surface area contributed by atoms with Crippen LogP contribution in [0.1, 0.15) is 10.5 Å². The number of primary amides is 1. The van der Waals surface area contributed by atoms with Crippen LogP contribution in [0.5, 0.6) is 11.6 Å². The fraction of sp³-hybridized carbons (Fsp3) is 0.167. The predicted octanol–water partition coefficient (Wildman–Crippen LogP) is 0.767. The van der Waals surface area contributed by atoms with Crippen LogP contribution in [-0.4, -0.2) is 27.2 Å². The number of rotatable bonds is 5. The first-order valence-corrected chi connectivity index (χ1v) is 5.40. The number of benzene rings is 1. The Bertz CT molecular complexity index is 537. The maximum absolute atomic E-state index is 11.1. The Kier molecular flexibility index (Phi) is 3.47. The summed E-state index contributed by atoms with van der Waals surface area (Å²) in [6.07, 6.45) is 1.35. The van der Waals surface area contributed by atoms with Gasteiger partial charge in [0, 0.05) is 0 Å². The van der Waals surface area contributed by atoms with E-state index in [1.54, 1.807) is 0 Å². The van der Waals surface area contributed by atoms with E-state index in [2.05, 4.69) is 4.98 Å². The number of para-hydroxylation sites is 1. The Morgan fingerprint density at radius 2 is 2.11 bits per heavy atom. The molecule has 2 aromatic rings. The zero-order chi connectivity index (χ0) is 13.0. The highest BCUT2D eigenvalue weighted by atomic mass is 16.5. The molecule has 0 spiro atoms. The summed E-state index contributed by atoms with van der Waals surface area (Å²) in [4.78, 5) is 14.7. The van der Waals surface area contributed by atoms with Gasteiger partial charge in [0.25, 0.3) is 5.91 Å². The number of amides is 1. The number of ether oxygens (including phenoxy) is 1. The number of aromatic hydroxyl groups is 1. The summed E-state index contributed by atoms with van der Waals surface area (Å²) >= 11 is 0. The summed E-state index contributed by atoms with van der Waals surface area (Å²) in [6, 6.07) is 9.30. The van der Waals surface area contributed by atoms with Crippen LogP contribution in [0.3, 0.4) is 0 Å². The maximum atomic E-state index is 11.1. The van der Waals surface area contributed by atoms with Crippen LogP contribution in [0.15, 0.2) is 36.7 Å². The summed E-state index contributed by atoms with van der Waals surface area (Å²) in [5.74, 6) is -0.339. The molecule has 0 atom stereocenters. The van der Waals surface area contributed by atoms with Crippen LogP contribution in [0, 0.1) is 0 Å². The van der Waals surface area contributed by atoms with Crippen molar-refractivity contribution in [2.24, 2.45) is 5.73 Å². The Morgan fingerprint density at radius 1 is 1.39 bits per heavy atom. The highest BCUT2D eigenvalue weighted by Crippen LogP contribution is 2.14. The van der Waals surface area contributed by atoms with Gasteiger partial charge in [0.15, 0.2) is 5.69 Å². The summed E-state index contributed by atoms with van der Waals surface area (Å²) in [6.45, 7) is 0.723. The van der Waals surface area contributed by atoms with Crippen LogP contribution >= 0.6 is 0 Å². The van der Waals surface area contributed by atoms with Gasteiger partial charge in [-0.2, -0.15) is 0 Å². The van der Waals surface area contributed by atoms with Gasteiger partial charge in [0.1, 0.15) is 12.4 Å². The van der Waals surface area contributed by atoms with E-state index in [0.29, 0.717) is 13.2 Å². The van der Waals surface area contributed by atoms with Crippen LogP contribution in [-0.2, 0) is 6.54 Å². The number of nitrogens with two attached hydrogens (primary N) is 1. The van der Waals surface area contributed by atoms with Gasteiger partial charge in [0.05, 0.1) is 12.9 Å². The highest BCUT2D eigenvalue weighted by molar-refractivity contribution is 5.93. The second-order valence-electron chi connectivity index (χ2n) is 3.64. The molecule has 6 heteroatoms. The van der Waals surface area contributed by atoms with Crippen molar-refractivity contribution in [3.63, 3.8) is 0 Å². The van der Waals surface area contributed by atoms with Gasteiger partial charge < -0.3 is 20.1 Å². The predicted molar refractivity (Wildman–Crippen MR) is 64.3 cm³/mol. The first-order chi connectivity index (χ1) is 8.68. The third-order valence-electron chi connectivity index (χ3n) is 2.40. The molecule has 0 saturated heterocycles. The molecule has 0 bridgehead atoms. The van der Waals surface area contributed by atoms with Crippen LogP contribution in [0.4, 0.5) is 0 Å². The molecule has 1 aromatic heterocycles. The number of hydrogen-bond acceptors (Lipinski definition) is 4. The first kappa shape index (κ1) is 12.0. The van der Waals surface area contributed by atoms with Crippen molar-refractivity contribution >= 4 is 5.91 Å². The molecule has 0 saturated carbocycles. The largest absolute Gasteiger partial charge is 0.492 e. The van der Waals surface area contributed by atoms with Gasteiger partial charge in [-0.15, -0.1) is 0 Å². The van der Waals surface area contributed by atoms with Gasteiger partial charge in [-0.3, -0.25) is 4.79 Å². The molecule has 0 fully saturated rings. The minimum absolute atomic E-state index is 0.00772. The lowest BCUT2D eigenvalue weighted by Crippen LogP contribution is -2.19. The smallest absolute Gasteiger partial charge is 0.271 e. The third-order valence-corrected chi connectivity index (χ3v) is 2.40. The van der Waals surface area contributed by atoms with Crippen molar-refractivity contribution in [3.8, 4) is 11.6 Å². The van der Waals surface area contributed by atoms with Gasteiger partial charge in [0.2, 0.25) is 5.88 Å². The van der Waals surface area contributed by atoms with Crippen LogP contribution < -0.4 is 10.5 Å². The Hall–Kier alpha value is -2.50. The lowest BCUT2D eigenvalue weighted by molar-refractivity contribution is 0.0987. The molecular weight excluding hydrogens is 234 g/mol.